The van der Waals surface area contributed by atoms with Gasteiger partial charge in [0, 0.05) is 13.1 Å². The molecule has 0 saturated carbocycles. The minimum absolute atomic E-state index is 0. The Bertz CT molecular complexity index is 437. The number of methoxy groups -OCH3 is 2. The summed E-state index contributed by atoms with van der Waals surface area (Å²) in [6, 6.07) is 6.20. The van der Waals surface area contributed by atoms with Gasteiger partial charge in [-0.25, -0.2) is 0 Å². The van der Waals surface area contributed by atoms with Gasteiger partial charge in [0.05, 0.1) is 14.2 Å². The Hall–Kier alpha value is -0.970. The van der Waals surface area contributed by atoms with Gasteiger partial charge >= 0.3 is 0 Å². The van der Waals surface area contributed by atoms with Crippen LogP contribution in [0.1, 0.15) is 25.3 Å². The maximum absolute atomic E-state index is 5.39. The number of rotatable bonds is 7. The van der Waals surface area contributed by atoms with Crippen molar-refractivity contribution in [2.45, 2.75) is 26.3 Å². The van der Waals surface area contributed by atoms with E-state index in [0.717, 1.165) is 43.6 Å². The largest absolute Gasteiger partial charge is 0.493 e. The molecule has 1 N–H and O–H groups in total. The molecule has 1 aromatic carbocycles. The molecular weight excluding hydrogens is 300 g/mol. The van der Waals surface area contributed by atoms with Crippen LogP contribution in [0.5, 0.6) is 11.5 Å². The average Bonchev–Trinajstić information content (AvgIpc) is 2.55. The molecule has 1 unspecified atom stereocenters. The van der Waals surface area contributed by atoms with E-state index < -0.39 is 0 Å². The van der Waals surface area contributed by atoms with Crippen molar-refractivity contribution >= 4 is 12.4 Å². The first kappa shape index (κ1) is 19.1. The van der Waals surface area contributed by atoms with Crippen molar-refractivity contribution in [1.29, 1.82) is 0 Å². The molecule has 5 heteroatoms. The molecule has 0 spiro atoms. The van der Waals surface area contributed by atoms with Crippen molar-refractivity contribution < 1.29 is 9.47 Å². The maximum Gasteiger partial charge on any atom is 0.161 e. The Balaban J connectivity index is 0.00000242. The molecular formula is C17H29ClN2O2. The van der Waals surface area contributed by atoms with Crippen LogP contribution in [0.3, 0.4) is 0 Å². The van der Waals surface area contributed by atoms with Crippen molar-refractivity contribution in [1.82, 2.24) is 10.2 Å². The zero-order valence-corrected chi connectivity index (χ0v) is 14.7. The number of hydrogen-bond acceptors (Lipinski definition) is 4. The third-order valence-electron chi connectivity index (χ3n) is 4.22. The molecule has 1 saturated heterocycles. The lowest BCUT2D eigenvalue weighted by atomic mass is 9.99. The van der Waals surface area contributed by atoms with E-state index in [4.69, 9.17) is 9.47 Å². The van der Waals surface area contributed by atoms with Gasteiger partial charge < -0.3 is 14.8 Å². The molecule has 2 rings (SSSR count). The van der Waals surface area contributed by atoms with Gasteiger partial charge in [0.15, 0.2) is 11.5 Å². The first-order chi connectivity index (χ1) is 10.3. The zero-order chi connectivity index (χ0) is 15.1. The van der Waals surface area contributed by atoms with Crippen molar-refractivity contribution in [2.24, 2.45) is 5.92 Å². The molecule has 22 heavy (non-hydrogen) atoms. The minimum Gasteiger partial charge on any atom is -0.493 e. The van der Waals surface area contributed by atoms with Crippen LogP contribution in [0, 0.1) is 5.92 Å². The summed E-state index contributed by atoms with van der Waals surface area (Å²) < 4.78 is 10.7. The molecule has 0 radical (unpaired) electrons. The van der Waals surface area contributed by atoms with Crippen molar-refractivity contribution in [3.05, 3.63) is 23.8 Å². The summed E-state index contributed by atoms with van der Waals surface area (Å²) >= 11 is 0. The fourth-order valence-electron chi connectivity index (χ4n) is 2.99. The topological polar surface area (TPSA) is 33.7 Å². The van der Waals surface area contributed by atoms with Gasteiger partial charge in [-0.1, -0.05) is 13.0 Å². The summed E-state index contributed by atoms with van der Waals surface area (Å²) in [5, 5.41) is 3.50. The van der Waals surface area contributed by atoms with Crippen molar-refractivity contribution in [3.8, 4) is 11.5 Å². The van der Waals surface area contributed by atoms with Crippen LogP contribution < -0.4 is 14.8 Å². The van der Waals surface area contributed by atoms with E-state index >= 15 is 0 Å². The number of nitrogens with one attached hydrogen (secondary N) is 1. The molecule has 1 aliphatic heterocycles. The summed E-state index contributed by atoms with van der Waals surface area (Å²) in [6.07, 6.45) is 2.65. The first-order valence-corrected chi connectivity index (χ1v) is 7.90. The molecule has 1 heterocycles. The third-order valence-corrected chi connectivity index (χ3v) is 4.22. The van der Waals surface area contributed by atoms with Crippen LogP contribution in [-0.4, -0.2) is 45.3 Å². The molecule has 0 bridgehead atoms. The first-order valence-electron chi connectivity index (χ1n) is 7.90. The lowest BCUT2D eigenvalue weighted by Gasteiger charge is -2.29. The Morgan fingerprint density at radius 1 is 1.23 bits per heavy atom. The third kappa shape index (κ3) is 5.34. The SMILES string of the molecule is CCN(Cc1ccc(OC)c(OC)c1)CC1CCCNC1.Cl. The van der Waals surface area contributed by atoms with E-state index in [9.17, 15) is 0 Å². The van der Waals surface area contributed by atoms with Gasteiger partial charge in [0.2, 0.25) is 0 Å². The van der Waals surface area contributed by atoms with E-state index in [1.54, 1.807) is 14.2 Å². The van der Waals surface area contributed by atoms with Gasteiger partial charge in [-0.2, -0.15) is 0 Å². The van der Waals surface area contributed by atoms with E-state index in [1.165, 1.54) is 24.9 Å². The van der Waals surface area contributed by atoms with Gasteiger partial charge in [-0.3, -0.25) is 4.90 Å². The van der Waals surface area contributed by atoms with Crippen LogP contribution in [-0.2, 0) is 6.54 Å². The highest BCUT2D eigenvalue weighted by Gasteiger charge is 2.16. The molecule has 0 aliphatic carbocycles. The molecule has 1 aromatic rings. The second kappa shape index (κ2) is 9.93. The Morgan fingerprint density at radius 3 is 2.59 bits per heavy atom. The summed E-state index contributed by atoms with van der Waals surface area (Å²) in [4.78, 5) is 2.51. The second-order valence-electron chi connectivity index (χ2n) is 5.73. The normalized spacial score (nSPS) is 17.9. The van der Waals surface area contributed by atoms with E-state index in [0.29, 0.717) is 0 Å². The maximum atomic E-state index is 5.39. The van der Waals surface area contributed by atoms with Crippen LogP contribution >= 0.6 is 12.4 Å². The molecule has 4 nitrogen and oxygen atoms in total. The predicted molar refractivity (Wildman–Crippen MR) is 93.3 cm³/mol. The van der Waals surface area contributed by atoms with Gasteiger partial charge in [-0.15, -0.1) is 12.4 Å². The average molecular weight is 329 g/mol. The molecule has 0 aromatic heterocycles. The molecule has 1 fully saturated rings. The monoisotopic (exact) mass is 328 g/mol. The lowest BCUT2D eigenvalue weighted by Crippen LogP contribution is -2.38. The standard InChI is InChI=1S/C17H28N2O2.ClH/c1-4-19(13-15-6-5-9-18-11-15)12-14-7-8-16(20-2)17(10-14)21-3;/h7-8,10,15,18H,4-6,9,11-13H2,1-3H3;1H. The summed E-state index contributed by atoms with van der Waals surface area (Å²) in [6.45, 7) is 7.77. The van der Waals surface area contributed by atoms with Crippen LogP contribution in [0.25, 0.3) is 0 Å². The zero-order valence-electron chi connectivity index (χ0n) is 13.9. The van der Waals surface area contributed by atoms with E-state index in [1.807, 2.05) is 6.07 Å². The van der Waals surface area contributed by atoms with Gasteiger partial charge in [0.1, 0.15) is 0 Å². The van der Waals surface area contributed by atoms with E-state index in [-0.39, 0.29) is 12.4 Å². The lowest BCUT2D eigenvalue weighted by molar-refractivity contribution is 0.209. The predicted octanol–water partition coefficient (Wildman–Crippen LogP) is 2.95. The molecule has 0 amide bonds. The Morgan fingerprint density at radius 2 is 2.00 bits per heavy atom. The Kier molecular flexibility index (Phi) is 8.61. The molecule has 1 atom stereocenters. The van der Waals surface area contributed by atoms with Gasteiger partial charge in [-0.05, 0) is 56.1 Å². The van der Waals surface area contributed by atoms with Crippen LogP contribution in [0.2, 0.25) is 0 Å². The fourth-order valence-corrected chi connectivity index (χ4v) is 2.99. The van der Waals surface area contributed by atoms with Crippen LogP contribution in [0.4, 0.5) is 0 Å². The summed E-state index contributed by atoms with van der Waals surface area (Å²) in [5.74, 6) is 2.38. The van der Waals surface area contributed by atoms with Crippen LogP contribution in [0.15, 0.2) is 18.2 Å². The highest BCUT2D eigenvalue weighted by molar-refractivity contribution is 5.85. The minimum atomic E-state index is 0. The smallest absolute Gasteiger partial charge is 0.161 e. The van der Waals surface area contributed by atoms with Crippen molar-refractivity contribution in [2.75, 3.05) is 40.4 Å². The molecule has 1 aliphatic rings. The van der Waals surface area contributed by atoms with E-state index in [2.05, 4.69) is 29.3 Å². The number of nitrogens with zero attached hydrogens (tertiary/aromatic N) is 1. The number of ether oxygens (including phenoxy) is 2. The number of halogens is 1. The molecule has 126 valence electrons. The number of benzene rings is 1. The second-order valence-corrected chi connectivity index (χ2v) is 5.73. The van der Waals surface area contributed by atoms with Crippen molar-refractivity contribution in [3.63, 3.8) is 0 Å². The Labute approximate surface area is 140 Å². The number of piperidine rings is 1. The fraction of sp³-hybridized carbons (Fsp3) is 0.647. The summed E-state index contributed by atoms with van der Waals surface area (Å²) in [7, 11) is 3.36. The van der Waals surface area contributed by atoms with Gasteiger partial charge in [0.25, 0.3) is 0 Å². The summed E-state index contributed by atoms with van der Waals surface area (Å²) in [5.41, 5.74) is 1.28. The highest BCUT2D eigenvalue weighted by Crippen LogP contribution is 2.28. The number of hydrogen-bond donors (Lipinski definition) is 1. The quantitative estimate of drug-likeness (QED) is 0.834. The highest BCUT2D eigenvalue weighted by atomic mass is 35.5.